The summed E-state index contributed by atoms with van der Waals surface area (Å²) in [4.78, 5) is 16.1. The molecule has 29 heavy (non-hydrogen) atoms. The van der Waals surface area contributed by atoms with Crippen molar-refractivity contribution in [2.24, 2.45) is 4.99 Å². The van der Waals surface area contributed by atoms with Gasteiger partial charge in [0, 0.05) is 11.6 Å². The SMILES string of the molecule is Cc1cc(F)c(/N=C2\C3SCC(=O)N(CC(F)(F)F)C23)cc1[S@@+]([O-])CC(F)(F)F. The van der Waals surface area contributed by atoms with E-state index in [1.54, 1.807) is 0 Å². The summed E-state index contributed by atoms with van der Waals surface area (Å²) in [5.41, 5.74) is -0.267. The Morgan fingerprint density at radius 1 is 1.24 bits per heavy atom. The lowest BCUT2D eigenvalue weighted by atomic mass is 10.2. The summed E-state index contributed by atoms with van der Waals surface area (Å²) in [6.07, 6.45) is -9.31. The molecule has 13 heteroatoms. The van der Waals surface area contributed by atoms with Crippen LogP contribution in [0.15, 0.2) is 22.0 Å². The molecule has 0 bridgehead atoms. The fourth-order valence-corrected chi connectivity index (χ4v) is 5.32. The van der Waals surface area contributed by atoms with E-state index in [9.17, 15) is 40.1 Å². The van der Waals surface area contributed by atoms with Crippen molar-refractivity contribution in [2.75, 3.05) is 18.1 Å². The second kappa shape index (κ2) is 7.65. The second-order valence-corrected chi connectivity index (χ2v) is 9.07. The van der Waals surface area contributed by atoms with Gasteiger partial charge in [-0.25, -0.2) is 4.39 Å². The summed E-state index contributed by atoms with van der Waals surface area (Å²) in [6, 6.07) is 0.832. The lowest BCUT2D eigenvalue weighted by Gasteiger charge is -2.26. The molecular weight excluding hydrogens is 449 g/mol. The van der Waals surface area contributed by atoms with Gasteiger partial charge in [-0.1, -0.05) is 0 Å². The highest BCUT2D eigenvalue weighted by atomic mass is 32.2. The number of halogens is 7. The number of nitrogens with zero attached hydrogens (tertiary/aromatic N) is 2. The maximum Gasteiger partial charge on any atom is 0.433 e. The van der Waals surface area contributed by atoms with Crippen molar-refractivity contribution in [2.45, 2.75) is 35.5 Å². The van der Waals surface area contributed by atoms with Crippen LogP contribution in [0.2, 0.25) is 0 Å². The van der Waals surface area contributed by atoms with Crippen molar-refractivity contribution >= 4 is 40.2 Å². The Morgan fingerprint density at radius 3 is 2.48 bits per heavy atom. The Kier molecular flexibility index (Phi) is 5.86. The zero-order valence-corrected chi connectivity index (χ0v) is 16.2. The van der Waals surface area contributed by atoms with Gasteiger partial charge in [-0.3, -0.25) is 9.79 Å². The summed E-state index contributed by atoms with van der Waals surface area (Å²) >= 11 is -1.43. The highest BCUT2D eigenvalue weighted by Gasteiger charge is 2.57. The number of rotatable bonds is 4. The van der Waals surface area contributed by atoms with E-state index in [0.29, 0.717) is 4.90 Å². The third-order valence-electron chi connectivity index (χ3n) is 4.20. The number of amides is 1. The van der Waals surface area contributed by atoms with E-state index in [4.69, 9.17) is 0 Å². The topological polar surface area (TPSA) is 55.7 Å². The number of thioether (sulfide) groups is 1. The minimum atomic E-state index is -4.70. The maximum atomic E-state index is 14.2. The van der Waals surface area contributed by atoms with Crippen molar-refractivity contribution in [3.8, 4) is 0 Å². The zero-order valence-electron chi connectivity index (χ0n) is 14.6. The normalized spacial score (nSPS) is 24.7. The van der Waals surface area contributed by atoms with E-state index in [2.05, 4.69) is 4.99 Å². The minimum Gasteiger partial charge on any atom is -0.611 e. The van der Waals surface area contributed by atoms with Crippen molar-refractivity contribution in [3.63, 3.8) is 0 Å². The molecule has 0 aromatic heterocycles. The number of aryl methyl sites for hydroxylation is 1. The largest absolute Gasteiger partial charge is 0.611 e. The highest BCUT2D eigenvalue weighted by Crippen LogP contribution is 2.44. The molecule has 1 heterocycles. The van der Waals surface area contributed by atoms with Gasteiger partial charge in [-0.05, 0) is 24.2 Å². The van der Waals surface area contributed by atoms with Crippen molar-refractivity contribution in [1.82, 2.24) is 4.90 Å². The van der Waals surface area contributed by atoms with Crippen LogP contribution >= 0.6 is 11.8 Å². The lowest BCUT2D eigenvalue weighted by molar-refractivity contribution is -0.160. The number of alkyl halides is 6. The first-order chi connectivity index (χ1) is 13.3. The Labute approximate surface area is 167 Å². The first-order valence-corrected chi connectivity index (χ1v) is 10.4. The summed E-state index contributed by atoms with van der Waals surface area (Å²) in [5.74, 6) is -3.45. The molecule has 3 rings (SSSR count). The molecule has 0 radical (unpaired) electrons. The van der Waals surface area contributed by atoms with Crippen molar-refractivity contribution in [3.05, 3.63) is 23.5 Å². The van der Waals surface area contributed by atoms with Crippen LogP contribution in [-0.4, -0.2) is 62.8 Å². The van der Waals surface area contributed by atoms with Gasteiger partial charge in [0.15, 0.2) is 4.90 Å². The van der Waals surface area contributed by atoms with E-state index in [1.165, 1.54) is 6.92 Å². The van der Waals surface area contributed by atoms with Crippen molar-refractivity contribution in [1.29, 1.82) is 0 Å². The molecule has 0 N–H and O–H groups in total. The fourth-order valence-electron chi connectivity index (χ4n) is 2.96. The van der Waals surface area contributed by atoms with E-state index in [1.807, 2.05) is 0 Å². The van der Waals surface area contributed by atoms with Crippen LogP contribution in [0.25, 0.3) is 0 Å². The highest BCUT2D eigenvalue weighted by molar-refractivity contribution is 8.02. The van der Waals surface area contributed by atoms with Crippen LogP contribution in [0.3, 0.4) is 0 Å². The molecule has 4 nitrogen and oxygen atoms in total. The van der Waals surface area contributed by atoms with Gasteiger partial charge in [0.2, 0.25) is 11.7 Å². The third kappa shape index (κ3) is 5.18. The van der Waals surface area contributed by atoms with Gasteiger partial charge in [0.05, 0.1) is 22.8 Å². The Balaban J connectivity index is 1.89. The molecule has 1 aromatic rings. The van der Waals surface area contributed by atoms with Gasteiger partial charge >= 0.3 is 12.4 Å². The second-order valence-electron chi connectivity index (χ2n) is 6.52. The number of benzene rings is 1. The van der Waals surface area contributed by atoms with E-state index < -0.39 is 64.5 Å². The number of hydrogen-bond donors (Lipinski definition) is 0. The molecule has 1 saturated carbocycles. The Hall–Kier alpha value is -1.47. The van der Waals surface area contributed by atoms with Crippen LogP contribution in [0.5, 0.6) is 0 Å². The predicted octanol–water partition coefficient (Wildman–Crippen LogP) is 3.77. The predicted molar refractivity (Wildman–Crippen MR) is 93.4 cm³/mol. The van der Waals surface area contributed by atoms with Gasteiger partial charge in [-0.15, -0.1) is 11.8 Å². The number of aliphatic imine (C=N–C) groups is 1. The standard InChI is InChI=1S/C16H13F7N2O2S2/c1-7-2-8(17)9(3-10(7)29(27)6-16(21,22)23)24-12-13-14(12)28-4-11(26)25(13)5-15(18,19)20/h2-3,13-14H,4-6H2,1H3/b24-12-/t13?,14?,29-/m0/s1. The van der Waals surface area contributed by atoms with E-state index in [-0.39, 0.29) is 21.9 Å². The summed E-state index contributed by atoms with van der Waals surface area (Å²) < 4.78 is 102. The molecule has 3 atom stereocenters. The van der Waals surface area contributed by atoms with Crippen LogP contribution < -0.4 is 0 Å². The third-order valence-corrected chi connectivity index (χ3v) is 6.99. The smallest absolute Gasteiger partial charge is 0.433 e. The molecule has 2 fully saturated rings. The monoisotopic (exact) mass is 462 g/mol. The quantitative estimate of drug-likeness (QED) is 0.506. The molecular formula is C16H13F7N2O2S2. The first kappa shape index (κ1) is 22.2. The number of fused-ring (bicyclic) bond motifs is 1. The summed E-state index contributed by atoms with van der Waals surface area (Å²) in [5, 5.41) is -0.542. The van der Waals surface area contributed by atoms with E-state index >= 15 is 0 Å². The molecule has 1 aliphatic carbocycles. The molecule has 2 aliphatic rings. The Bertz CT molecular complexity index is 857. The van der Waals surface area contributed by atoms with Crippen LogP contribution in [0.4, 0.5) is 36.4 Å². The van der Waals surface area contributed by atoms with Crippen molar-refractivity contribution < 1.29 is 40.1 Å². The molecule has 1 saturated heterocycles. The van der Waals surface area contributed by atoms with Crippen LogP contribution in [0.1, 0.15) is 5.56 Å². The molecule has 1 aliphatic heterocycles. The number of hydrogen-bond acceptors (Lipinski definition) is 4. The van der Waals surface area contributed by atoms with Gasteiger partial charge < -0.3 is 9.45 Å². The van der Waals surface area contributed by atoms with Gasteiger partial charge in [0.1, 0.15) is 18.0 Å². The Morgan fingerprint density at radius 2 is 1.90 bits per heavy atom. The van der Waals surface area contributed by atoms with Gasteiger partial charge in [-0.2, -0.15) is 26.3 Å². The van der Waals surface area contributed by atoms with Crippen LogP contribution in [0, 0.1) is 12.7 Å². The minimum absolute atomic E-state index is 0.0329. The fraction of sp³-hybridized carbons (Fsp3) is 0.500. The number of carbonyl (C=O) groups excluding carboxylic acids is 1. The lowest BCUT2D eigenvalue weighted by Crippen LogP contribution is -2.44. The summed E-state index contributed by atoms with van der Waals surface area (Å²) in [7, 11) is 0. The molecule has 2 unspecified atom stereocenters. The maximum absolute atomic E-state index is 14.2. The summed E-state index contributed by atoms with van der Waals surface area (Å²) in [6.45, 7) is -0.177. The first-order valence-electron chi connectivity index (χ1n) is 8.08. The van der Waals surface area contributed by atoms with Gasteiger partial charge in [0.25, 0.3) is 0 Å². The zero-order chi connectivity index (χ0) is 21.7. The van der Waals surface area contributed by atoms with E-state index in [0.717, 1.165) is 23.9 Å². The average molecular weight is 462 g/mol. The average Bonchev–Trinajstić information content (AvgIpc) is 3.23. The molecule has 1 aromatic carbocycles. The van der Waals surface area contributed by atoms with Crippen LogP contribution in [-0.2, 0) is 16.0 Å². The molecule has 160 valence electrons. The molecule has 0 spiro atoms. The number of carbonyl (C=O) groups is 1. The molecule has 1 amide bonds.